The number of nitrogens with zero attached hydrogens (tertiary/aromatic N) is 2. The summed E-state index contributed by atoms with van der Waals surface area (Å²) in [6, 6.07) is 4.34. The summed E-state index contributed by atoms with van der Waals surface area (Å²) in [5, 5.41) is 8.87. The van der Waals surface area contributed by atoms with Crippen LogP contribution in [0.5, 0.6) is 5.75 Å². The van der Waals surface area contributed by atoms with E-state index in [1.807, 2.05) is 0 Å². The van der Waals surface area contributed by atoms with E-state index in [0.717, 1.165) is 44.8 Å². The molecule has 1 aromatic carbocycles. The Labute approximate surface area is 154 Å². The van der Waals surface area contributed by atoms with E-state index in [1.165, 1.54) is 31.4 Å². The van der Waals surface area contributed by atoms with Crippen molar-refractivity contribution in [2.45, 2.75) is 38.5 Å². The van der Waals surface area contributed by atoms with Crippen molar-refractivity contribution in [1.29, 1.82) is 0 Å². The lowest BCUT2D eigenvalue weighted by Gasteiger charge is -2.33. The highest BCUT2D eigenvalue weighted by Crippen LogP contribution is 2.32. The minimum atomic E-state index is -0.347. The van der Waals surface area contributed by atoms with Crippen molar-refractivity contribution in [3.8, 4) is 5.75 Å². The zero-order valence-electron chi connectivity index (χ0n) is 15.3. The van der Waals surface area contributed by atoms with Gasteiger partial charge in [-0.15, -0.1) is 0 Å². The maximum atomic E-state index is 13.3. The molecule has 1 fully saturated rings. The second-order valence-corrected chi connectivity index (χ2v) is 7.30. The fraction of sp³-hybridized carbons (Fsp3) is 0.650. The highest BCUT2D eigenvalue weighted by Gasteiger charge is 2.26. The van der Waals surface area contributed by atoms with Gasteiger partial charge in [-0.1, -0.05) is 12.8 Å². The van der Waals surface area contributed by atoms with Crippen LogP contribution in [0.3, 0.4) is 0 Å². The third-order valence-electron chi connectivity index (χ3n) is 5.45. The number of unbranched alkanes of at least 4 members (excludes halogenated alkanes) is 1. The van der Waals surface area contributed by atoms with Crippen molar-refractivity contribution in [2.75, 3.05) is 44.3 Å². The highest BCUT2D eigenvalue weighted by molar-refractivity contribution is 5.97. The molecule has 0 bridgehead atoms. The predicted octanol–water partition coefficient (Wildman–Crippen LogP) is 2.82. The van der Waals surface area contributed by atoms with Gasteiger partial charge in [0.1, 0.15) is 11.6 Å². The maximum absolute atomic E-state index is 13.3. The van der Waals surface area contributed by atoms with Gasteiger partial charge in [0.05, 0.1) is 5.69 Å². The molecule has 1 saturated heterocycles. The van der Waals surface area contributed by atoms with Crippen LogP contribution in [0, 0.1) is 11.7 Å². The summed E-state index contributed by atoms with van der Waals surface area (Å²) in [6.07, 6.45) is 6.62. The van der Waals surface area contributed by atoms with E-state index in [-0.39, 0.29) is 18.3 Å². The Morgan fingerprint density at radius 1 is 1.15 bits per heavy atom. The molecular weight excluding hydrogens is 335 g/mol. The number of hydrogen-bond donors (Lipinski definition) is 1. The predicted molar refractivity (Wildman–Crippen MR) is 99.0 cm³/mol. The SMILES string of the molecule is O=C1COc2cc(F)ccc2N1CCCN1CCC(CCCCO)CC1. The number of carbonyl (C=O) groups excluding carboxylic acids is 1. The van der Waals surface area contributed by atoms with E-state index in [9.17, 15) is 9.18 Å². The number of hydrogen-bond acceptors (Lipinski definition) is 4. The lowest BCUT2D eigenvalue weighted by Crippen LogP contribution is -2.41. The number of carbonyl (C=O) groups is 1. The third kappa shape index (κ3) is 4.95. The zero-order chi connectivity index (χ0) is 18.4. The van der Waals surface area contributed by atoms with Crippen molar-refractivity contribution in [3.05, 3.63) is 24.0 Å². The van der Waals surface area contributed by atoms with Crippen LogP contribution in [0.25, 0.3) is 0 Å². The van der Waals surface area contributed by atoms with Gasteiger partial charge in [-0.2, -0.15) is 0 Å². The highest BCUT2D eigenvalue weighted by atomic mass is 19.1. The van der Waals surface area contributed by atoms with Crippen molar-refractivity contribution >= 4 is 11.6 Å². The Morgan fingerprint density at radius 3 is 2.73 bits per heavy atom. The smallest absolute Gasteiger partial charge is 0.265 e. The van der Waals surface area contributed by atoms with Crippen LogP contribution in [0.4, 0.5) is 10.1 Å². The van der Waals surface area contributed by atoms with Gasteiger partial charge in [0.2, 0.25) is 0 Å². The summed E-state index contributed by atoms with van der Waals surface area (Å²) in [6.45, 7) is 4.12. The van der Waals surface area contributed by atoms with Crippen LogP contribution < -0.4 is 9.64 Å². The molecule has 2 aliphatic rings. The van der Waals surface area contributed by atoms with Gasteiger partial charge in [0, 0.05) is 19.2 Å². The minimum Gasteiger partial charge on any atom is -0.481 e. The van der Waals surface area contributed by atoms with Crippen molar-refractivity contribution < 1.29 is 19.0 Å². The normalized spacial score (nSPS) is 18.7. The van der Waals surface area contributed by atoms with Crippen LogP contribution in [-0.2, 0) is 4.79 Å². The largest absolute Gasteiger partial charge is 0.481 e. The number of aliphatic hydroxyl groups excluding tert-OH is 1. The van der Waals surface area contributed by atoms with Crippen molar-refractivity contribution in [3.63, 3.8) is 0 Å². The molecule has 0 atom stereocenters. The third-order valence-corrected chi connectivity index (χ3v) is 5.45. The first-order valence-corrected chi connectivity index (χ1v) is 9.73. The second-order valence-electron chi connectivity index (χ2n) is 7.30. The number of amides is 1. The van der Waals surface area contributed by atoms with Crippen LogP contribution in [-0.4, -0.2) is 55.3 Å². The number of likely N-dealkylation sites (tertiary alicyclic amines) is 1. The Morgan fingerprint density at radius 2 is 1.96 bits per heavy atom. The van der Waals surface area contributed by atoms with Gasteiger partial charge in [-0.05, 0) is 63.4 Å². The Kier molecular flexibility index (Phi) is 6.86. The molecule has 144 valence electrons. The summed E-state index contributed by atoms with van der Waals surface area (Å²) in [4.78, 5) is 16.4. The van der Waals surface area contributed by atoms with Gasteiger partial charge in [-0.3, -0.25) is 4.79 Å². The summed E-state index contributed by atoms with van der Waals surface area (Å²) >= 11 is 0. The minimum absolute atomic E-state index is 0.0182. The molecule has 1 aromatic rings. The summed E-state index contributed by atoms with van der Waals surface area (Å²) in [5.41, 5.74) is 0.672. The van der Waals surface area contributed by atoms with E-state index >= 15 is 0 Å². The molecule has 2 aliphatic heterocycles. The molecule has 1 N–H and O–H groups in total. The van der Waals surface area contributed by atoms with E-state index < -0.39 is 0 Å². The number of ether oxygens (including phenoxy) is 1. The number of anilines is 1. The van der Waals surface area contributed by atoms with E-state index in [2.05, 4.69) is 4.90 Å². The average molecular weight is 364 g/mol. The molecule has 1 amide bonds. The monoisotopic (exact) mass is 364 g/mol. The summed E-state index contributed by atoms with van der Waals surface area (Å²) in [5.74, 6) is 0.834. The van der Waals surface area contributed by atoms with Crippen LogP contribution in [0.1, 0.15) is 38.5 Å². The molecule has 0 saturated carbocycles. The van der Waals surface area contributed by atoms with E-state index in [4.69, 9.17) is 9.84 Å². The van der Waals surface area contributed by atoms with E-state index in [0.29, 0.717) is 24.6 Å². The molecule has 0 aromatic heterocycles. The van der Waals surface area contributed by atoms with Crippen LogP contribution in [0.2, 0.25) is 0 Å². The maximum Gasteiger partial charge on any atom is 0.265 e. The number of aliphatic hydroxyl groups is 1. The molecule has 26 heavy (non-hydrogen) atoms. The molecule has 0 radical (unpaired) electrons. The Bertz CT molecular complexity index is 603. The van der Waals surface area contributed by atoms with Crippen LogP contribution >= 0.6 is 0 Å². The molecule has 6 heteroatoms. The lowest BCUT2D eigenvalue weighted by molar-refractivity contribution is -0.121. The lowest BCUT2D eigenvalue weighted by atomic mass is 9.91. The number of halogens is 1. The van der Waals surface area contributed by atoms with Gasteiger partial charge in [0.15, 0.2) is 6.61 Å². The molecule has 0 unspecified atom stereocenters. The first-order valence-electron chi connectivity index (χ1n) is 9.73. The molecule has 0 spiro atoms. The topological polar surface area (TPSA) is 53.0 Å². The Balaban J connectivity index is 1.42. The number of benzene rings is 1. The molecular formula is C20H29FN2O3. The number of piperidine rings is 1. The molecule has 2 heterocycles. The average Bonchev–Trinajstić information content (AvgIpc) is 2.65. The van der Waals surface area contributed by atoms with E-state index in [1.54, 1.807) is 11.0 Å². The van der Waals surface area contributed by atoms with Gasteiger partial charge >= 0.3 is 0 Å². The fourth-order valence-corrected chi connectivity index (χ4v) is 3.92. The summed E-state index contributed by atoms with van der Waals surface area (Å²) in [7, 11) is 0. The van der Waals surface area contributed by atoms with Gasteiger partial charge in [0.25, 0.3) is 5.91 Å². The fourth-order valence-electron chi connectivity index (χ4n) is 3.92. The number of fused-ring (bicyclic) bond motifs is 1. The first-order chi connectivity index (χ1) is 12.7. The van der Waals surface area contributed by atoms with Gasteiger partial charge in [-0.25, -0.2) is 4.39 Å². The quantitative estimate of drug-likeness (QED) is 0.721. The number of rotatable bonds is 8. The standard InChI is InChI=1S/C20H29FN2O3/c21-17-5-6-18-19(14-17)26-15-20(25)23(18)10-3-9-22-11-7-16(8-12-22)4-1-2-13-24/h5-6,14,16,24H,1-4,7-13,15H2. The molecule has 3 rings (SSSR count). The zero-order valence-corrected chi connectivity index (χ0v) is 15.3. The van der Waals surface area contributed by atoms with Crippen LogP contribution in [0.15, 0.2) is 18.2 Å². The van der Waals surface area contributed by atoms with Crippen molar-refractivity contribution in [1.82, 2.24) is 4.90 Å². The molecule has 5 nitrogen and oxygen atoms in total. The van der Waals surface area contributed by atoms with Crippen molar-refractivity contribution in [2.24, 2.45) is 5.92 Å². The molecule has 0 aliphatic carbocycles. The second kappa shape index (κ2) is 9.33. The Hall–Kier alpha value is -1.66. The van der Waals surface area contributed by atoms with Gasteiger partial charge < -0.3 is 19.6 Å². The summed E-state index contributed by atoms with van der Waals surface area (Å²) < 4.78 is 18.7. The first kappa shape index (κ1) is 19.1.